The highest BCUT2D eigenvalue weighted by Gasteiger charge is 2.25. The van der Waals surface area contributed by atoms with E-state index < -0.39 is 0 Å². The molecule has 1 aliphatic carbocycles. The van der Waals surface area contributed by atoms with E-state index in [0.717, 1.165) is 18.7 Å². The predicted octanol–water partition coefficient (Wildman–Crippen LogP) is 3.24. The molecule has 0 spiro atoms. The molecule has 7 heteroatoms. The van der Waals surface area contributed by atoms with E-state index in [-0.39, 0.29) is 11.9 Å². The van der Waals surface area contributed by atoms with Gasteiger partial charge in [-0.3, -0.25) is 4.79 Å². The molecule has 3 rings (SSSR count). The van der Waals surface area contributed by atoms with Crippen LogP contribution in [0.5, 0.6) is 5.75 Å². The maximum atomic E-state index is 12.6. The Labute approximate surface area is 153 Å². The van der Waals surface area contributed by atoms with Gasteiger partial charge in [-0.2, -0.15) is 4.98 Å². The first-order valence-electron chi connectivity index (χ1n) is 9.04. The van der Waals surface area contributed by atoms with Crippen molar-refractivity contribution in [2.75, 3.05) is 20.3 Å². The minimum absolute atomic E-state index is 0.244. The quantitative estimate of drug-likeness (QED) is 0.728. The van der Waals surface area contributed by atoms with Crippen LogP contribution in [0.15, 0.2) is 28.8 Å². The standard InChI is InChI=1S/C19H25N3O4/c1-13(19-21-17(22-26-19)14-7-3-4-8-14)20-18(23)15-9-5-6-10-16(15)25-12-11-24-2/h5-6,9-10,13-14H,3-4,7-8,11-12H2,1-2H3,(H,20,23). The summed E-state index contributed by atoms with van der Waals surface area (Å²) in [6, 6.07) is 6.74. The number of carbonyl (C=O) groups is 1. The van der Waals surface area contributed by atoms with Crippen molar-refractivity contribution in [2.45, 2.75) is 44.6 Å². The third-order valence-corrected chi connectivity index (χ3v) is 4.57. The lowest BCUT2D eigenvalue weighted by Crippen LogP contribution is -2.27. The number of aromatic nitrogens is 2. The van der Waals surface area contributed by atoms with E-state index in [4.69, 9.17) is 14.0 Å². The first kappa shape index (κ1) is 18.4. The molecule has 26 heavy (non-hydrogen) atoms. The molecular formula is C19H25N3O4. The molecule has 0 saturated heterocycles. The van der Waals surface area contributed by atoms with Crippen molar-refractivity contribution in [1.82, 2.24) is 15.5 Å². The molecule has 2 aromatic rings. The highest BCUT2D eigenvalue weighted by Crippen LogP contribution is 2.32. The summed E-state index contributed by atoms with van der Waals surface area (Å²) in [5.74, 6) is 1.84. The zero-order chi connectivity index (χ0) is 18.4. The molecule has 1 aromatic heterocycles. The van der Waals surface area contributed by atoms with Crippen molar-refractivity contribution >= 4 is 5.91 Å². The van der Waals surface area contributed by atoms with Gasteiger partial charge in [0.25, 0.3) is 5.91 Å². The normalized spacial score (nSPS) is 15.8. The molecule has 0 bridgehead atoms. The highest BCUT2D eigenvalue weighted by atomic mass is 16.5. The Morgan fingerprint density at radius 1 is 1.31 bits per heavy atom. The number of hydrogen-bond donors (Lipinski definition) is 1. The van der Waals surface area contributed by atoms with Crippen LogP contribution in [0.4, 0.5) is 0 Å². The van der Waals surface area contributed by atoms with Crippen LogP contribution in [0, 0.1) is 0 Å². The van der Waals surface area contributed by atoms with Crippen LogP contribution in [-0.4, -0.2) is 36.4 Å². The number of amides is 1. The summed E-state index contributed by atoms with van der Waals surface area (Å²) >= 11 is 0. The molecule has 1 amide bonds. The number of nitrogens with zero attached hydrogens (tertiary/aromatic N) is 2. The van der Waals surface area contributed by atoms with E-state index in [2.05, 4.69) is 15.5 Å². The van der Waals surface area contributed by atoms with Crippen LogP contribution in [-0.2, 0) is 4.74 Å². The zero-order valence-corrected chi connectivity index (χ0v) is 15.2. The van der Waals surface area contributed by atoms with Crippen LogP contribution in [0.2, 0.25) is 0 Å². The first-order valence-corrected chi connectivity index (χ1v) is 9.04. The van der Waals surface area contributed by atoms with Gasteiger partial charge >= 0.3 is 0 Å². The van der Waals surface area contributed by atoms with Gasteiger partial charge in [0.2, 0.25) is 5.89 Å². The SMILES string of the molecule is COCCOc1ccccc1C(=O)NC(C)c1nc(C2CCCC2)no1. The molecule has 1 aromatic carbocycles. The van der Waals surface area contributed by atoms with E-state index >= 15 is 0 Å². The molecule has 1 saturated carbocycles. The number of hydrogen-bond acceptors (Lipinski definition) is 6. The fourth-order valence-corrected chi connectivity index (χ4v) is 3.12. The fourth-order valence-electron chi connectivity index (χ4n) is 3.12. The minimum Gasteiger partial charge on any atom is -0.490 e. The summed E-state index contributed by atoms with van der Waals surface area (Å²) in [4.78, 5) is 17.1. The lowest BCUT2D eigenvalue weighted by atomic mass is 10.1. The third kappa shape index (κ3) is 4.40. The van der Waals surface area contributed by atoms with Gasteiger partial charge < -0.3 is 19.3 Å². The van der Waals surface area contributed by atoms with Gasteiger partial charge in [0, 0.05) is 13.0 Å². The molecule has 7 nitrogen and oxygen atoms in total. The predicted molar refractivity (Wildman–Crippen MR) is 95.2 cm³/mol. The van der Waals surface area contributed by atoms with Crippen molar-refractivity contribution < 1.29 is 18.8 Å². The van der Waals surface area contributed by atoms with E-state index in [1.807, 2.05) is 13.0 Å². The van der Waals surface area contributed by atoms with Gasteiger partial charge in [-0.25, -0.2) is 0 Å². The number of para-hydroxylation sites is 1. The lowest BCUT2D eigenvalue weighted by Gasteiger charge is -2.13. The van der Waals surface area contributed by atoms with Crippen molar-refractivity contribution in [1.29, 1.82) is 0 Å². The minimum atomic E-state index is -0.378. The number of rotatable bonds is 8. The van der Waals surface area contributed by atoms with Gasteiger partial charge in [-0.05, 0) is 31.9 Å². The molecule has 0 aliphatic heterocycles. The molecule has 1 N–H and O–H groups in total. The second-order valence-corrected chi connectivity index (χ2v) is 6.50. The van der Waals surface area contributed by atoms with Gasteiger partial charge in [-0.15, -0.1) is 0 Å². The molecule has 1 atom stereocenters. The Kier molecular flexibility index (Phi) is 6.22. The Balaban J connectivity index is 1.64. The number of carbonyl (C=O) groups excluding carboxylic acids is 1. The lowest BCUT2D eigenvalue weighted by molar-refractivity contribution is 0.0925. The Hall–Kier alpha value is -2.41. The number of ether oxygens (including phenoxy) is 2. The van der Waals surface area contributed by atoms with Crippen LogP contribution in [0.1, 0.15) is 66.6 Å². The third-order valence-electron chi connectivity index (χ3n) is 4.57. The summed E-state index contributed by atoms with van der Waals surface area (Å²) in [6.45, 7) is 2.67. The Bertz CT molecular complexity index is 725. The molecule has 1 unspecified atom stereocenters. The van der Waals surface area contributed by atoms with E-state index in [1.54, 1.807) is 25.3 Å². The molecule has 0 radical (unpaired) electrons. The zero-order valence-electron chi connectivity index (χ0n) is 15.2. The summed E-state index contributed by atoms with van der Waals surface area (Å²) in [5.41, 5.74) is 0.464. The summed E-state index contributed by atoms with van der Waals surface area (Å²) in [6.07, 6.45) is 4.62. The average Bonchev–Trinajstić information content (AvgIpc) is 3.33. The van der Waals surface area contributed by atoms with E-state index in [9.17, 15) is 4.79 Å². The Morgan fingerprint density at radius 2 is 2.08 bits per heavy atom. The van der Waals surface area contributed by atoms with Crippen molar-refractivity contribution in [3.05, 3.63) is 41.5 Å². The number of benzene rings is 1. The fraction of sp³-hybridized carbons (Fsp3) is 0.526. The monoisotopic (exact) mass is 359 g/mol. The Morgan fingerprint density at radius 3 is 2.85 bits per heavy atom. The van der Waals surface area contributed by atoms with E-state index in [0.29, 0.717) is 36.3 Å². The highest BCUT2D eigenvalue weighted by molar-refractivity contribution is 5.97. The van der Waals surface area contributed by atoms with E-state index in [1.165, 1.54) is 12.8 Å². The molecule has 1 heterocycles. The van der Waals surface area contributed by atoms with Crippen LogP contribution >= 0.6 is 0 Å². The maximum Gasteiger partial charge on any atom is 0.255 e. The largest absolute Gasteiger partial charge is 0.490 e. The molecule has 140 valence electrons. The number of methoxy groups -OCH3 is 1. The summed E-state index contributed by atoms with van der Waals surface area (Å²) in [5, 5.41) is 6.99. The van der Waals surface area contributed by atoms with Crippen LogP contribution in [0.3, 0.4) is 0 Å². The molecular weight excluding hydrogens is 334 g/mol. The van der Waals surface area contributed by atoms with Crippen molar-refractivity contribution in [3.8, 4) is 5.75 Å². The van der Waals surface area contributed by atoms with Gasteiger partial charge in [0.05, 0.1) is 12.2 Å². The smallest absolute Gasteiger partial charge is 0.255 e. The van der Waals surface area contributed by atoms with Crippen LogP contribution in [0.25, 0.3) is 0 Å². The maximum absolute atomic E-state index is 12.6. The average molecular weight is 359 g/mol. The van der Waals surface area contributed by atoms with Crippen LogP contribution < -0.4 is 10.1 Å². The number of nitrogens with one attached hydrogen (secondary N) is 1. The summed E-state index contributed by atoms with van der Waals surface area (Å²) in [7, 11) is 1.61. The molecule has 1 aliphatic rings. The topological polar surface area (TPSA) is 86.5 Å². The van der Waals surface area contributed by atoms with Gasteiger partial charge in [0.1, 0.15) is 18.4 Å². The van der Waals surface area contributed by atoms with Crippen molar-refractivity contribution in [2.24, 2.45) is 0 Å². The second kappa shape index (κ2) is 8.80. The summed E-state index contributed by atoms with van der Waals surface area (Å²) < 4.78 is 16.0. The van der Waals surface area contributed by atoms with Gasteiger partial charge in [-0.1, -0.05) is 30.1 Å². The first-order chi connectivity index (χ1) is 12.7. The van der Waals surface area contributed by atoms with Crippen molar-refractivity contribution in [3.63, 3.8) is 0 Å². The molecule has 1 fully saturated rings. The van der Waals surface area contributed by atoms with Gasteiger partial charge in [0.15, 0.2) is 5.82 Å². The second-order valence-electron chi connectivity index (χ2n) is 6.50.